The van der Waals surface area contributed by atoms with Crippen molar-refractivity contribution >= 4 is 61.6 Å². The Morgan fingerprint density at radius 3 is 2.87 bits per heavy atom. The second kappa shape index (κ2) is 10.2. The van der Waals surface area contributed by atoms with E-state index in [0.717, 1.165) is 45.1 Å². The highest BCUT2D eigenvalue weighted by molar-refractivity contribution is 7.19. The number of hydrogen-bond donors (Lipinski definition) is 1. The third kappa shape index (κ3) is 4.61. The van der Waals surface area contributed by atoms with E-state index in [0.29, 0.717) is 28.9 Å². The van der Waals surface area contributed by atoms with Gasteiger partial charge in [0.2, 0.25) is 0 Å². The summed E-state index contributed by atoms with van der Waals surface area (Å²) in [5, 5.41) is 4.27. The second-order valence-electron chi connectivity index (χ2n) is 9.81. The number of hydrogen-bond acceptors (Lipinski definition) is 8. The molecule has 2 fully saturated rings. The van der Waals surface area contributed by atoms with Crippen LogP contribution in [0.1, 0.15) is 29.8 Å². The minimum absolute atomic E-state index is 0.105. The number of ether oxygens (including phenoxy) is 1. The number of likely N-dealkylation sites (tertiary alicyclic amines) is 1. The van der Waals surface area contributed by atoms with E-state index in [-0.39, 0.29) is 18.0 Å². The molecule has 38 heavy (non-hydrogen) atoms. The third-order valence-electron chi connectivity index (χ3n) is 7.24. The van der Waals surface area contributed by atoms with Gasteiger partial charge in [-0.3, -0.25) is 4.79 Å². The van der Waals surface area contributed by atoms with Gasteiger partial charge in [-0.15, -0.1) is 11.3 Å². The standard InChI is InChI=1S/C27H26ClN5O3S2/c1-32(2)26-31-22(23(38-26)16-5-3-6-17(28)11-16)25(34)33-18-10-9-15(12-18)20(33)13-29-27(35)36-21-8-4-7-19-24(21)37-14-30-19/h3-8,11,14-15,18,20H,9-10,12-13H2,1-2H3,(H,29,35)/t15-,18+,20-/m0/s1. The number of carbonyl (C=O) groups is 2. The van der Waals surface area contributed by atoms with Crippen molar-refractivity contribution in [3.05, 3.63) is 58.7 Å². The molecular formula is C27H26ClN5O3S2. The molecule has 0 radical (unpaired) electrons. The van der Waals surface area contributed by atoms with Gasteiger partial charge in [0.05, 0.1) is 26.6 Å². The van der Waals surface area contributed by atoms with Crippen molar-refractivity contribution in [3.8, 4) is 16.2 Å². The Bertz CT molecular complexity index is 1520. The molecule has 4 aromatic rings. The van der Waals surface area contributed by atoms with Crippen molar-refractivity contribution in [2.75, 3.05) is 25.5 Å². The lowest BCUT2D eigenvalue weighted by Crippen LogP contribution is -2.50. The lowest BCUT2D eigenvalue weighted by atomic mass is 9.98. The highest BCUT2D eigenvalue weighted by Gasteiger charge is 2.49. The van der Waals surface area contributed by atoms with Gasteiger partial charge in [0.25, 0.3) is 5.91 Å². The summed E-state index contributed by atoms with van der Waals surface area (Å²) >= 11 is 9.18. The van der Waals surface area contributed by atoms with Crippen molar-refractivity contribution in [2.45, 2.75) is 31.3 Å². The van der Waals surface area contributed by atoms with E-state index >= 15 is 0 Å². The molecule has 2 bridgehead atoms. The molecular weight excluding hydrogens is 542 g/mol. The molecule has 1 saturated heterocycles. The fourth-order valence-corrected chi connectivity index (χ4v) is 7.44. The smallest absolute Gasteiger partial charge is 0.409 e. The molecule has 1 aliphatic carbocycles. The van der Waals surface area contributed by atoms with Gasteiger partial charge in [-0.05, 0) is 55.0 Å². The van der Waals surface area contributed by atoms with Gasteiger partial charge in [-0.25, -0.2) is 14.8 Å². The van der Waals surface area contributed by atoms with E-state index in [4.69, 9.17) is 21.3 Å². The molecule has 0 spiro atoms. The van der Waals surface area contributed by atoms with Crippen LogP contribution in [0.4, 0.5) is 9.93 Å². The van der Waals surface area contributed by atoms with Crippen LogP contribution >= 0.6 is 34.3 Å². The van der Waals surface area contributed by atoms with E-state index in [9.17, 15) is 9.59 Å². The van der Waals surface area contributed by atoms with Crippen molar-refractivity contribution < 1.29 is 14.3 Å². The van der Waals surface area contributed by atoms with Gasteiger partial charge in [0.1, 0.15) is 5.69 Å². The molecule has 8 nitrogen and oxygen atoms in total. The summed E-state index contributed by atoms with van der Waals surface area (Å²) < 4.78 is 6.44. The van der Waals surface area contributed by atoms with Crippen molar-refractivity contribution in [1.29, 1.82) is 0 Å². The van der Waals surface area contributed by atoms with Crippen LogP contribution in [0, 0.1) is 5.92 Å². The number of rotatable bonds is 6. The molecule has 11 heteroatoms. The molecule has 1 aliphatic heterocycles. The first-order valence-electron chi connectivity index (χ1n) is 12.4. The minimum Gasteiger partial charge on any atom is -0.409 e. The normalized spacial score (nSPS) is 20.2. The quantitative estimate of drug-likeness (QED) is 0.311. The number of nitrogens with one attached hydrogen (secondary N) is 1. The fraction of sp³-hybridized carbons (Fsp3) is 0.333. The number of halogens is 1. The van der Waals surface area contributed by atoms with Gasteiger partial charge < -0.3 is 19.9 Å². The van der Waals surface area contributed by atoms with E-state index in [1.54, 1.807) is 11.6 Å². The van der Waals surface area contributed by atoms with E-state index in [1.807, 2.05) is 60.3 Å². The average molecular weight is 568 g/mol. The average Bonchev–Trinajstić information content (AvgIpc) is 3.70. The lowest BCUT2D eigenvalue weighted by Gasteiger charge is -2.35. The number of benzene rings is 2. The van der Waals surface area contributed by atoms with E-state index in [2.05, 4.69) is 10.3 Å². The molecule has 1 N–H and O–H groups in total. The van der Waals surface area contributed by atoms with Crippen LogP contribution < -0.4 is 15.0 Å². The van der Waals surface area contributed by atoms with Gasteiger partial charge in [-0.2, -0.15) is 0 Å². The van der Waals surface area contributed by atoms with Crippen LogP contribution in [0.5, 0.6) is 5.75 Å². The predicted octanol–water partition coefficient (Wildman–Crippen LogP) is 5.92. The Labute approximate surface area is 233 Å². The zero-order valence-electron chi connectivity index (χ0n) is 20.9. The predicted molar refractivity (Wildman–Crippen MR) is 152 cm³/mol. The fourth-order valence-electron chi connectivity index (χ4n) is 5.53. The molecule has 0 unspecified atom stereocenters. The summed E-state index contributed by atoms with van der Waals surface area (Å²) in [5.41, 5.74) is 3.82. The van der Waals surface area contributed by atoms with Crippen LogP contribution in [-0.2, 0) is 0 Å². The summed E-state index contributed by atoms with van der Waals surface area (Å²) in [6.07, 6.45) is 2.40. The number of anilines is 1. The Kier molecular flexibility index (Phi) is 6.71. The molecule has 3 atom stereocenters. The van der Waals surface area contributed by atoms with E-state index < -0.39 is 6.09 Å². The van der Waals surface area contributed by atoms with Gasteiger partial charge in [0.15, 0.2) is 10.9 Å². The van der Waals surface area contributed by atoms with Crippen LogP contribution in [0.15, 0.2) is 48.0 Å². The third-order valence-corrected chi connectivity index (χ3v) is 9.61. The first-order valence-corrected chi connectivity index (χ1v) is 14.5. The van der Waals surface area contributed by atoms with Crippen LogP contribution in [0.2, 0.25) is 5.02 Å². The molecule has 196 valence electrons. The van der Waals surface area contributed by atoms with Crippen molar-refractivity contribution in [3.63, 3.8) is 0 Å². The molecule has 3 heterocycles. The number of carbonyl (C=O) groups excluding carboxylic acids is 2. The summed E-state index contributed by atoms with van der Waals surface area (Å²) in [6.45, 7) is 0.321. The number of piperidine rings is 1. The van der Waals surface area contributed by atoms with Crippen molar-refractivity contribution in [1.82, 2.24) is 20.2 Å². The molecule has 1 saturated carbocycles. The van der Waals surface area contributed by atoms with Crippen LogP contribution in [-0.4, -0.2) is 59.6 Å². The number of aromatic nitrogens is 2. The Hall–Kier alpha value is -3.21. The maximum absolute atomic E-state index is 14.1. The summed E-state index contributed by atoms with van der Waals surface area (Å²) in [5.74, 6) is 0.704. The second-order valence-corrected chi connectivity index (χ2v) is 12.1. The first-order chi connectivity index (χ1) is 18.4. The Balaban J connectivity index is 1.23. The Morgan fingerprint density at radius 1 is 1.21 bits per heavy atom. The Morgan fingerprint density at radius 2 is 2.05 bits per heavy atom. The van der Waals surface area contributed by atoms with Gasteiger partial charge in [-0.1, -0.05) is 41.1 Å². The molecule has 2 aromatic carbocycles. The monoisotopic (exact) mass is 567 g/mol. The zero-order chi connectivity index (χ0) is 26.4. The van der Waals surface area contributed by atoms with Crippen LogP contribution in [0.3, 0.4) is 0 Å². The summed E-state index contributed by atoms with van der Waals surface area (Å²) in [6, 6.07) is 13.0. The highest BCUT2D eigenvalue weighted by Crippen LogP contribution is 2.44. The number of amides is 2. The SMILES string of the molecule is CN(C)c1nc(C(=O)N2[C@@H]3CC[C@@H](C3)[C@@H]2CNC(=O)Oc2cccc3ncsc23)c(-c2cccc(Cl)c2)s1. The first kappa shape index (κ1) is 25.1. The van der Waals surface area contributed by atoms with Gasteiger partial charge >= 0.3 is 6.09 Å². The lowest BCUT2D eigenvalue weighted by molar-refractivity contribution is 0.0586. The number of nitrogens with zero attached hydrogens (tertiary/aromatic N) is 4. The summed E-state index contributed by atoms with van der Waals surface area (Å²) in [4.78, 5) is 40.5. The number of thiazole rings is 2. The number of fused-ring (bicyclic) bond motifs is 3. The topological polar surface area (TPSA) is 87.7 Å². The minimum atomic E-state index is -0.538. The maximum atomic E-state index is 14.1. The molecule has 2 aliphatic rings. The van der Waals surface area contributed by atoms with Crippen molar-refractivity contribution in [2.24, 2.45) is 5.92 Å². The zero-order valence-corrected chi connectivity index (χ0v) is 23.3. The van der Waals surface area contributed by atoms with Gasteiger partial charge in [0, 0.05) is 31.7 Å². The van der Waals surface area contributed by atoms with Crippen LogP contribution in [0.25, 0.3) is 20.7 Å². The molecule has 2 amide bonds. The largest absolute Gasteiger partial charge is 0.412 e. The molecule has 2 aromatic heterocycles. The van der Waals surface area contributed by atoms with E-state index in [1.165, 1.54) is 22.7 Å². The molecule has 6 rings (SSSR count). The highest BCUT2D eigenvalue weighted by atomic mass is 35.5. The summed E-state index contributed by atoms with van der Waals surface area (Å²) in [7, 11) is 3.83. The maximum Gasteiger partial charge on any atom is 0.412 e.